The number of hydrogen-bond donors (Lipinski definition) is 2. The Bertz CT molecular complexity index is 445. The predicted molar refractivity (Wildman–Crippen MR) is 77.1 cm³/mol. The van der Waals surface area contributed by atoms with Crippen LogP contribution < -0.4 is 14.8 Å². The number of aliphatic hydroxyl groups is 1. The maximum Gasteiger partial charge on any atom is 0.258 e. The number of aryl methyl sites for hydroxylation is 1. The van der Waals surface area contributed by atoms with Gasteiger partial charge in [0.1, 0.15) is 0 Å². The van der Waals surface area contributed by atoms with Gasteiger partial charge in [-0.05, 0) is 44.9 Å². The van der Waals surface area contributed by atoms with Gasteiger partial charge in [0.05, 0.1) is 13.2 Å². The van der Waals surface area contributed by atoms with Crippen LogP contribution in [0.1, 0.15) is 25.8 Å². The first kappa shape index (κ1) is 16.3. The maximum atomic E-state index is 11.7. The molecule has 1 aromatic carbocycles. The van der Waals surface area contributed by atoms with E-state index >= 15 is 0 Å². The van der Waals surface area contributed by atoms with Gasteiger partial charge in [-0.2, -0.15) is 0 Å². The van der Waals surface area contributed by atoms with Crippen molar-refractivity contribution < 1.29 is 19.4 Å². The molecular weight excluding hydrogens is 258 g/mol. The van der Waals surface area contributed by atoms with Gasteiger partial charge in [0.15, 0.2) is 18.1 Å². The van der Waals surface area contributed by atoms with Crippen LogP contribution >= 0.6 is 0 Å². The number of aliphatic hydroxyl groups excluding tert-OH is 1. The van der Waals surface area contributed by atoms with Gasteiger partial charge in [-0.25, -0.2) is 0 Å². The number of carbonyl (C=O) groups is 1. The summed E-state index contributed by atoms with van der Waals surface area (Å²) in [5.74, 6) is 0.923. The summed E-state index contributed by atoms with van der Waals surface area (Å²) in [4.78, 5) is 11.7. The van der Waals surface area contributed by atoms with Crippen LogP contribution in [0.25, 0.3) is 0 Å². The molecule has 0 heterocycles. The van der Waals surface area contributed by atoms with Crippen molar-refractivity contribution >= 4 is 5.91 Å². The quantitative estimate of drug-likeness (QED) is 0.797. The van der Waals surface area contributed by atoms with Crippen molar-refractivity contribution in [1.82, 2.24) is 5.32 Å². The molecule has 1 aromatic rings. The molecule has 0 spiro atoms. The van der Waals surface area contributed by atoms with Crippen molar-refractivity contribution in [1.29, 1.82) is 0 Å². The molecule has 2 unspecified atom stereocenters. The molecule has 20 heavy (non-hydrogen) atoms. The summed E-state index contributed by atoms with van der Waals surface area (Å²) in [6.45, 7) is 5.41. The zero-order valence-electron chi connectivity index (χ0n) is 12.5. The minimum Gasteiger partial charge on any atom is -0.493 e. The smallest absolute Gasteiger partial charge is 0.258 e. The lowest BCUT2D eigenvalue weighted by atomic mass is 10.1. The molecule has 112 valence electrons. The van der Waals surface area contributed by atoms with Gasteiger partial charge in [0, 0.05) is 6.04 Å². The first-order chi connectivity index (χ1) is 9.42. The molecule has 0 saturated carbocycles. The van der Waals surface area contributed by atoms with E-state index in [1.807, 2.05) is 26.0 Å². The monoisotopic (exact) mass is 281 g/mol. The van der Waals surface area contributed by atoms with E-state index < -0.39 is 6.10 Å². The SMILES string of the molecule is COc1cc(C)ccc1OCC(=O)NC(C)CC(C)O. The summed E-state index contributed by atoms with van der Waals surface area (Å²) in [6.07, 6.45) is 0.0722. The van der Waals surface area contributed by atoms with Crippen molar-refractivity contribution in [2.75, 3.05) is 13.7 Å². The first-order valence-corrected chi connectivity index (χ1v) is 6.67. The fraction of sp³-hybridized carbons (Fsp3) is 0.533. The Labute approximate surface area is 119 Å². The fourth-order valence-corrected chi connectivity index (χ4v) is 1.92. The Morgan fingerprint density at radius 1 is 1.35 bits per heavy atom. The third kappa shape index (κ3) is 5.48. The molecule has 5 nitrogen and oxygen atoms in total. The molecule has 0 bridgehead atoms. The molecule has 5 heteroatoms. The number of hydrogen-bond acceptors (Lipinski definition) is 4. The van der Waals surface area contributed by atoms with Crippen LogP contribution in [-0.2, 0) is 4.79 Å². The van der Waals surface area contributed by atoms with E-state index in [9.17, 15) is 9.90 Å². The van der Waals surface area contributed by atoms with Crippen LogP contribution in [-0.4, -0.2) is 36.9 Å². The molecule has 2 atom stereocenters. The maximum absolute atomic E-state index is 11.7. The Hall–Kier alpha value is -1.75. The molecule has 0 radical (unpaired) electrons. The molecule has 0 aliphatic rings. The highest BCUT2D eigenvalue weighted by Crippen LogP contribution is 2.27. The van der Waals surface area contributed by atoms with E-state index in [-0.39, 0.29) is 18.6 Å². The van der Waals surface area contributed by atoms with Gasteiger partial charge in [-0.15, -0.1) is 0 Å². The Balaban J connectivity index is 2.49. The third-order valence-electron chi connectivity index (χ3n) is 2.78. The van der Waals surface area contributed by atoms with Crippen molar-refractivity contribution in [3.05, 3.63) is 23.8 Å². The van der Waals surface area contributed by atoms with Gasteiger partial charge in [-0.3, -0.25) is 4.79 Å². The minimum absolute atomic E-state index is 0.0798. The molecule has 0 aromatic heterocycles. The third-order valence-corrected chi connectivity index (χ3v) is 2.78. The summed E-state index contributed by atoms with van der Waals surface area (Å²) >= 11 is 0. The van der Waals surface area contributed by atoms with E-state index in [2.05, 4.69) is 5.32 Å². The highest BCUT2D eigenvalue weighted by molar-refractivity contribution is 5.77. The van der Waals surface area contributed by atoms with E-state index in [0.29, 0.717) is 17.9 Å². The number of rotatable bonds is 7. The normalized spacial score (nSPS) is 13.4. The molecule has 1 amide bonds. The van der Waals surface area contributed by atoms with Gasteiger partial charge in [0.25, 0.3) is 5.91 Å². The van der Waals surface area contributed by atoms with E-state index in [1.54, 1.807) is 20.1 Å². The van der Waals surface area contributed by atoms with Gasteiger partial charge >= 0.3 is 0 Å². The molecule has 0 aliphatic carbocycles. The molecule has 0 fully saturated rings. The zero-order valence-corrected chi connectivity index (χ0v) is 12.5. The predicted octanol–water partition coefficient (Wildman–Crippen LogP) is 1.66. The molecule has 2 N–H and O–H groups in total. The number of amides is 1. The minimum atomic E-state index is -0.441. The van der Waals surface area contributed by atoms with Gasteiger partial charge in [0.2, 0.25) is 0 Å². The van der Waals surface area contributed by atoms with Crippen molar-refractivity contribution in [3.63, 3.8) is 0 Å². The molecule has 0 aliphatic heterocycles. The Morgan fingerprint density at radius 2 is 2.05 bits per heavy atom. The lowest BCUT2D eigenvalue weighted by molar-refractivity contribution is -0.123. The number of benzene rings is 1. The zero-order chi connectivity index (χ0) is 15.1. The first-order valence-electron chi connectivity index (χ1n) is 6.67. The van der Waals surface area contributed by atoms with Crippen molar-refractivity contribution in [3.8, 4) is 11.5 Å². The van der Waals surface area contributed by atoms with E-state index in [0.717, 1.165) is 5.56 Å². The fourth-order valence-electron chi connectivity index (χ4n) is 1.92. The van der Waals surface area contributed by atoms with Crippen LogP contribution in [0.15, 0.2) is 18.2 Å². The highest BCUT2D eigenvalue weighted by atomic mass is 16.5. The second kappa shape index (κ2) is 7.75. The van der Waals surface area contributed by atoms with Crippen molar-refractivity contribution in [2.45, 2.75) is 39.3 Å². The van der Waals surface area contributed by atoms with E-state index in [4.69, 9.17) is 9.47 Å². The summed E-state index contributed by atoms with van der Waals surface area (Å²) in [6, 6.07) is 5.43. The van der Waals surface area contributed by atoms with Crippen LogP contribution in [0, 0.1) is 6.92 Å². The standard InChI is InChI=1S/C15H23NO4/c1-10-5-6-13(14(7-10)19-4)20-9-15(18)16-11(2)8-12(3)17/h5-7,11-12,17H,8-9H2,1-4H3,(H,16,18). The molecule has 0 saturated heterocycles. The topological polar surface area (TPSA) is 67.8 Å². The largest absolute Gasteiger partial charge is 0.493 e. The lowest BCUT2D eigenvalue weighted by Gasteiger charge is -2.16. The molecular formula is C15H23NO4. The van der Waals surface area contributed by atoms with Crippen molar-refractivity contribution in [2.24, 2.45) is 0 Å². The summed E-state index contributed by atoms with van der Waals surface area (Å²) in [5.41, 5.74) is 1.06. The summed E-state index contributed by atoms with van der Waals surface area (Å²) < 4.78 is 10.7. The van der Waals surface area contributed by atoms with Crippen LogP contribution in [0.4, 0.5) is 0 Å². The number of methoxy groups -OCH3 is 1. The number of ether oxygens (including phenoxy) is 2. The average Bonchev–Trinajstić information content (AvgIpc) is 2.35. The second-order valence-corrected chi connectivity index (χ2v) is 5.00. The number of carbonyl (C=O) groups excluding carboxylic acids is 1. The Morgan fingerprint density at radius 3 is 2.65 bits per heavy atom. The van der Waals surface area contributed by atoms with E-state index in [1.165, 1.54) is 0 Å². The second-order valence-electron chi connectivity index (χ2n) is 5.00. The Kier molecular flexibility index (Phi) is 6.31. The molecule has 1 rings (SSSR count). The van der Waals surface area contributed by atoms with Crippen LogP contribution in [0.3, 0.4) is 0 Å². The number of nitrogens with one attached hydrogen (secondary N) is 1. The van der Waals surface area contributed by atoms with Crippen LogP contribution in [0.5, 0.6) is 11.5 Å². The summed E-state index contributed by atoms with van der Waals surface area (Å²) in [7, 11) is 1.56. The summed E-state index contributed by atoms with van der Waals surface area (Å²) in [5, 5.41) is 12.0. The lowest BCUT2D eigenvalue weighted by Crippen LogP contribution is -2.37. The van der Waals surface area contributed by atoms with Gasteiger partial charge < -0.3 is 19.9 Å². The average molecular weight is 281 g/mol. The highest BCUT2D eigenvalue weighted by Gasteiger charge is 2.11. The van der Waals surface area contributed by atoms with Crippen LogP contribution in [0.2, 0.25) is 0 Å². The van der Waals surface area contributed by atoms with Gasteiger partial charge in [-0.1, -0.05) is 6.07 Å².